The van der Waals surface area contributed by atoms with Gasteiger partial charge in [0.15, 0.2) is 5.76 Å². The van der Waals surface area contributed by atoms with Crippen LogP contribution in [-0.2, 0) is 6.54 Å². The van der Waals surface area contributed by atoms with Crippen LogP contribution in [0.3, 0.4) is 0 Å². The van der Waals surface area contributed by atoms with Gasteiger partial charge in [0, 0.05) is 29.7 Å². The molecule has 2 N–H and O–H groups in total. The van der Waals surface area contributed by atoms with E-state index in [2.05, 4.69) is 20.3 Å². The van der Waals surface area contributed by atoms with Crippen molar-refractivity contribution in [3.63, 3.8) is 0 Å². The number of nitrogens with zero attached hydrogens (tertiary/aromatic N) is 2. The van der Waals surface area contributed by atoms with Crippen molar-refractivity contribution < 1.29 is 9.21 Å². The summed E-state index contributed by atoms with van der Waals surface area (Å²) in [5.41, 5.74) is 2.80. The first kappa shape index (κ1) is 14.2. The summed E-state index contributed by atoms with van der Waals surface area (Å²) < 4.78 is 5.37. The van der Waals surface area contributed by atoms with Gasteiger partial charge in [0.25, 0.3) is 5.91 Å². The van der Waals surface area contributed by atoms with Crippen molar-refractivity contribution in [3.8, 4) is 11.5 Å². The first-order chi connectivity index (χ1) is 11.8. The number of aromatic amines is 1. The fraction of sp³-hybridized carbons (Fsp3) is 0.0556. The highest BCUT2D eigenvalue weighted by molar-refractivity contribution is 5.97. The average molecular weight is 318 g/mol. The third kappa shape index (κ3) is 2.65. The summed E-state index contributed by atoms with van der Waals surface area (Å²) >= 11 is 0. The van der Waals surface area contributed by atoms with Gasteiger partial charge in [-0.25, -0.2) is 4.98 Å². The van der Waals surface area contributed by atoms with Gasteiger partial charge in [-0.3, -0.25) is 9.78 Å². The van der Waals surface area contributed by atoms with Crippen molar-refractivity contribution in [3.05, 3.63) is 72.5 Å². The summed E-state index contributed by atoms with van der Waals surface area (Å²) in [6.45, 7) is 0.269. The molecule has 6 heteroatoms. The zero-order valence-electron chi connectivity index (χ0n) is 12.7. The fourth-order valence-corrected chi connectivity index (χ4v) is 2.57. The standard InChI is InChI=1S/C18H14N4O2/c23-18(13-4-3-12-5-6-19-14(12)10-13)22-11-15-17(21-8-7-20-15)16-2-1-9-24-16/h1-10,19H,11H2,(H,22,23). The number of hydrogen-bond donors (Lipinski definition) is 2. The van der Waals surface area contributed by atoms with Crippen molar-refractivity contribution in [2.24, 2.45) is 0 Å². The molecule has 0 atom stereocenters. The topological polar surface area (TPSA) is 83.8 Å². The van der Waals surface area contributed by atoms with Gasteiger partial charge in [-0.15, -0.1) is 0 Å². The van der Waals surface area contributed by atoms with Crippen LogP contribution in [0, 0.1) is 0 Å². The Morgan fingerprint density at radius 3 is 2.96 bits per heavy atom. The Hall–Kier alpha value is -3.41. The van der Waals surface area contributed by atoms with Gasteiger partial charge >= 0.3 is 0 Å². The Bertz CT molecular complexity index is 989. The number of H-pyrrole nitrogens is 1. The molecule has 6 nitrogen and oxygen atoms in total. The zero-order chi connectivity index (χ0) is 16.4. The summed E-state index contributed by atoms with van der Waals surface area (Å²) in [6.07, 6.45) is 6.63. The number of amides is 1. The molecule has 0 fully saturated rings. The van der Waals surface area contributed by atoms with Crippen LogP contribution >= 0.6 is 0 Å². The number of aromatic nitrogens is 3. The zero-order valence-corrected chi connectivity index (χ0v) is 12.7. The molecular formula is C18H14N4O2. The monoisotopic (exact) mass is 318 g/mol. The van der Waals surface area contributed by atoms with Crippen LogP contribution in [-0.4, -0.2) is 20.9 Å². The van der Waals surface area contributed by atoms with E-state index in [4.69, 9.17) is 4.42 Å². The van der Waals surface area contributed by atoms with Gasteiger partial charge in [0.1, 0.15) is 5.69 Å². The number of nitrogens with one attached hydrogen (secondary N) is 2. The highest BCUT2D eigenvalue weighted by Crippen LogP contribution is 2.20. The smallest absolute Gasteiger partial charge is 0.251 e. The Labute approximate surface area is 137 Å². The molecule has 118 valence electrons. The first-order valence-corrected chi connectivity index (χ1v) is 7.50. The molecule has 0 saturated heterocycles. The Morgan fingerprint density at radius 2 is 2.08 bits per heavy atom. The van der Waals surface area contributed by atoms with Crippen molar-refractivity contribution in [2.45, 2.75) is 6.54 Å². The average Bonchev–Trinajstić information content (AvgIpc) is 3.30. The highest BCUT2D eigenvalue weighted by Gasteiger charge is 2.12. The van der Waals surface area contributed by atoms with E-state index in [1.54, 1.807) is 30.8 Å². The predicted molar refractivity (Wildman–Crippen MR) is 89.2 cm³/mol. The molecule has 4 aromatic rings. The second-order valence-electron chi connectivity index (χ2n) is 5.29. The number of fused-ring (bicyclic) bond motifs is 1. The van der Waals surface area contributed by atoms with E-state index in [0.717, 1.165) is 10.9 Å². The van der Waals surface area contributed by atoms with Crippen LogP contribution in [0.1, 0.15) is 16.1 Å². The summed E-state index contributed by atoms with van der Waals surface area (Å²) in [6, 6.07) is 11.1. The third-order valence-corrected chi connectivity index (χ3v) is 3.76. The normalized spacial score (nSPS) is 10.8. The van der Waals surface area contributed by atoms with E-state index in [1.165, 1.54) is 0 Å². The van der Waals surface area contributed by atoms with Gasteiger partial charge in [-0.05, 0) is 35.7 Å². The minimum atomic E-state index is -0.164. The van der Waals surface area contributed by atoms with Gasteiger partial charge in [0.05, 0.1) is 18.5 Å². The molecule has 0 spiro atoms. The number of furan rings is 1. The molecule has 3 aromatic heterocycles. The lowest BCUT2D eigenvalue weighted by molar-refractivity contribution is 0.0950. The van der Waals surface area contributed by atoms with Crippen LogP contribution in [0.25, 0.3) is 22.4 Å². The van der Waals surface area contributed by atoms with Crippen molar-refractivity contribution in [1.29, 1.82) is 0 Å². The molecule has 0 aliphatic rings. The Morgan fingerprint density at radius 1 is 1.17 bits per heavy atom. The van der Waals surface area contributed by atoms with E-state index in [0.29, 0.717) is 22.7 Å². The number of carbonyl (C=O) groups excluding carboxylic acids is 1. The molecule has 0 radical (unpaired) electrons. The maximum atomic E-state index is 12.4. The summed E-state index contributed by atoms with van der Waals surface area (Å²) in [4.78, 5) is 24.1. The predicted octanol–water partition coefficient (Wildman–Crippen LogP) is 3.15. The molecule has 1 aromatic carbocycles. The fourth-order valence-electron chi connectivity index (χ4n) is 2.57. The molecule has 0 bridgehead atoms. The number of rotatable bonds is 4. The minimum absolute atomic E-state index is 0.164. The minimum Gasteiger partial charge on any atom is -0.463 e. The maximum Gasteiger partial charge on any atom is 0.251 e. The summed E-state index contributed by atoms with van der Waals surface area (Å²) in [5.74, 6) is 0.461. The lowest BCUT2D eigenvalue weighted by atomic mass is 10.1. The molecule has 3 heterocycles. The molecular weight excluding hydrogens is 304 g/mol. The number of benzene rings is 1. The molecule has 0 unspecified atom stereocenters. The largest absolute Gasteiger partial charge is 0.463 e. The van der Waals surface area contributed by atoms with Crippen LogP contribution in [0.5, 0.6) is 0 Å². The SMILES string of the molecule is O=C(NCc1nccnc1-c1ccco1)c1ccc2cc[nH]c2c1. The Kier molecular flexibility index (Phi) is 3.55. The maximum absolute atomic E-state index is 12.4. The second kappa shape index (κ2) is 6.00. The summed E-state index contributed by atoms with van der Waals surface area (Å²) in [7, 11) is 0. The molecule has 0 aliphatic heterocycles. The first-order valence-electron chi connectivity index (χ1n) is 7.50. The number of hydrogen-bond acceptors (Lipinski definition) is 4. The van der Waals surface area contributed by atoms with Gasteiger partial charge in [-0.2, -0.15) is 0 Å². The van der Waals surface area contributed by atoms with Gasteiger partial charge in [-0.1, -0.05) is 6.07 Å². The molecule has 0 saturated carbocycles. The highest BCUT2D eigenvalue weighted by atomic mass is 16.3. The van der Waals surface area contributed by atoms with Crippen molar-refractivity contribution in [2.75, 3.05) is 0 Å². The lowest BCUT2D eigenvalue weighted by Gasteiger charge is -2.07. The van der Waals surface area contributed by atoms with Crippen LogP contribution in [0.4, 0.5) is 0 Å². The lowest BCUT2D eigenvalue weighted by Crippen LogP contribution is -2.23. The van der Waals surface area contributed by atoms with Gasteiger partial charge < -0.3 is 14.7 Å². The van der Waals surface area contributed by atoms with E-state index in [-0.39, 0.29) is 12.5 Å². The van der Waals surface area contributed by atoms with E-state index in [9.17, 15) is 4.79 Å². The van der Waals surface area contributed by atoms with E-state index >= 15 is 0 Å². The van der Waals surface area contributed by atoms with E-state index in [1.807, 2.05) is 30.5 Å². The quantitative estimate of drug-likeness (QED) is 0.605. The van der Waals surface area contributed by atoms with E-state index < -0.39 is 0 Å². The van der Waals surface area contributed by atoms with Crippen LogP contribution in [0.15, 0.2) is 65.7 Å². The second-order valence-corrected chi connectivity index (χ2v) is 5.29. The van der Waals surface area contributed by atoms with Crippen LogP contribution < -0.4 is 5.32 Å². The summed E-state index contributed by atoms with van der Waals surface area (Å²) in [5, 5.41) is 3.95. The molecule has 24 heavy (non-hydrogen) atoms. The van der Waals surface area contributed by atoms with Gasteiger partial charge in [0.2, 0.25) is 0 Å². The van der Waals surface area contributed by atoms with Crippen LogP contribution in [0.2, 0.25) is 0 Å². The van der Waals surface area contributed by atoms with Crippen molar-refractivity contribution in [1.82, 2.24) is 20.3 Å². The molecule has 1 amide bonds. The Balaban J connectivity index is 1.53. The molecule has 0 aliphatic carbocycles. The molecule has 4 rings (SSSR count). The number of carbonyl (C=O) groups is 1. The third-order valence-electron chi connectivity index (χ3n) is 3.76. The van der Waals surface area contributed by atoms with Crippen molar-refractivity contribution >= 4 is 16.8 Å².